The Labute approximate surface area is 109 Å². The summed E-state index contributed by atoms with van der Waals surface area (Å²) in [4.78, 5) is 12.0. The fourth-order valence-electron chi connectivity index (χ4n) is 4.91. The first kappa shape index (κ1) is 11.0. The topological polar surface area (TPSA) is 17.1 Å². The average Bonchev–Trinajstić information content (AvgIpc) is 2.45. The minimum atomic E-state index is 0.134. The monoisotopic (exact) mass is 242 g/mol. The molecule has 0 bridgehead atoms. The maximum absolute atomic E-state index is 12.0. The lowest BCUT2D eigenvalue weighted by Crippen LogP contribution is -2.48. The Hall–Kier alpha value is -0.850. The molecule has 0 heterocycles. The normalized spacial score (nSPS) is 46.1. The number of ketones is 1. The molecule has 0 amide bonds. The molecule has 4 aliphatic rings. The van der Waals surface area contributed by atoms with Gasteiger partial charge in [-0.05, 0) is 68.3 Å². The maximum atomic E-state index is 12.0. The molecule has 96 valence electrons. The number of hydrogen-bond donors (Lipinski definition) is 0. The second-order valence-electron chi connectivity index (χ2n) is 6.87. The molecule has 0 radical (unpaired) electrons. The summed E-state index contributed by atoms with van der Waals surface area (Å²) < 4.78 is 0. The molecular formula is C17H22O. The molecule has 2 fully saturated rings. The van der Waals surface area contributed by atoms with Gasteiger partial charge >= 0.3 is 0 Å². The summed E-state index contributed by atoms with van der Waals surface area (Å²) in [6.45, 7) is 0. The molecule has 4 unspecified atom stereocenters. The van der Waals surface area contributed by atoms with E-state index in [4.69, 9.17) is 0 Å². The van der Waals surface area contributed by atoms with E-state index in [1.165, 1.54) is 44.9 Å². The van der Waals surface area contributed by atoms with E-state index in [-0.39, 0.29) is 5.41 Å². The van der Waals surface area contributed by atoms with Crippen LogP contribution in [0.3, 0.4) is 0 Å². The van der Waals surface area contributed by atoms with Gasteiger partial charge in [0.25, 0.3) is 0 Å². The number of carbonyl (C=O) groups is 1. The number of fused-ring (bicyclic) bond motifs is 3. The summed E-state index contributed by atoms with van der Waals surface area (Å²) >= 11 is 0. The lowest BCUT2D eigenvalue weighted by Gasteiger charge is -2.52. The van der Waals surface area contributed by atoms with Gasteiger partial charge in [0.1, 0.15) is 5.78 Å². The van der Waals surface area contributed by atoms with Crippen molar-refractivity contribution in [2.24, 2.45) is 23.2 Å². The fraction of sp³-hybridized carbons (Fsp3) is 0.706. The minimum absolute atomic E-state index is 0.134. The smallest absolute Gasteiger partial charge is 0.139 e. The number of Topliss-reactive ketones (excluding diaryl/α,β-unsaturated/α-hetero) is 1. The van der Waals surface area contributed by atoms with E-state index in [0.717, 1.165) is 24.2 Å². The van der Waals surface area contributed by atoms with Crippen LogP contribution in [0.1, 0.15) is 51.4 Å². The summed E-state index contributed by atoms with van der Waals surface area (Å²) in [7, 11) is 0. The third kappa shape index (κ3) is 1.42. The van der Waals surface area contributed by atoms with Crippen molar-refractivity contribution in [1.29, 1.82) is 0 Å². The lowest BCUT2D eigenvalue weighted by atomic mass is 9.51. The van der Waals surface area contributed by atoms with Gasteiger partial charge in [-0.2, -0.15) is 0 Å². The quantitative estimate of drug-likeness (QED) is 0.626. The van der Waals surface area contributed by atoms with Crippen molar-refractivity contribution < 1.29 is 4.79 Å². The summed E-state index contributed by atoms with van der Waals surface area (Å²) in [5.41, 5.74) is 1.72. The first-order valence-corrected chi connectivity index (χ1v) is 7.70. The van der Waals surface area contributed by atoms with Gasteiger partial charge in [-0.25, -0.2) is 0 Å². The third-order valence-electron chi connectivity index (χ3n) is 6.13. The van der Waals surface area contributed by atoms with Crippen LogP contribution in [0.15, 0.2) is 23.8 Å². The van der Waals surface area contributed by atoms with Crippen LogP contribution >= 0.6 is 0 Å². The van der Waals surface area contributed by atoms with E-state index in [1.54, 1.807) is 5.57 Å². The van der Waals surface area contributed by atoms with Gasteiger partial charge in [0.05, 0.1) is 0 Å². The van der Waals surface area contributed by atoms with E-state index in [0.29, 0.717) is 5.78 Å². The first-order chi connectivity index (χ1) is 8.78. The SMILES string of the molecule is O=C1CCC12CCC1C=CC3=CCCCC3C1C2. The van der Waals surface area contributed by atoms with Crippen LogP contribution in [0.5, 0.6) is 0 Å². The van der Waals surface area contributed by atoms with Gasteiger partial charge in [0, 0.05) is 11.8 Å². The summed E-state index contributed by atoms with van der Waals surface area (Å²) in [5, 5.41) is 0. The van der Waals surface area contributed by atoms with Crippen LogP contribution in [0.25, 0.3) is 0 Å². The number of carbonyl (C=O) groups excluding carboxylic acids is 1. The van der Waals surface area contributed by atoms with E-state index < -0.39 is 0 Å². The van der Waals surface area contributed by atoms with Crippen LogP contribution < -0.4 is 0 Å². The molecule has 1 nitrogen and oxygen atoms in total. The number of rotatable bonds is 0. The third-order valence-corrected chi connectivity index (χ3v) is 6.13. The highest BCUT2D eigenvalue weighted by Gasteiger charge is 2.52. The summed E-state index contributed by atoms with van der Waals surface area (Å²) in [6.07, 6.45) is 16.9. The van der Waals surface area contributed by atoms with Crippen LogP contribution in [0.4, 0.5) is 0 Å². The van der Waals surface area contributed by atoms with Crippen LogP contribution in [0.2, 0.25) is 0 Å². The van der Waals surface area contributed by atoms with E-state index in [2.05, 4.69) is 18.2 Å². The average molecular weight is 242 g/mol. The maximum Gasteiger partial charge on any atom is 0.139 e. The molecular weight excluding hydrogens is 220 g/mol. The largest absolute Gasteiger partial charge is 0.299 e. The molecule has 1 heteroatoms. The molecule has 0 saturated heterocycles. The van der Waals surface area contributed by atoms with Gasteiger partial charge in [0.15, 0.2) is 0 Å². The van der Waals surface area contributed by atoms with Crippen molar-refractivity contribution in [3.05, 3.63) is 23.8 Å². The van der Waals surface area contributed by atoms with E-state index in [1.807, 2.05) is 0 Å². The lowest BCUT2D eigenvalue weighted by molar-refractivity contribution is -0.144. The molecule has 0 aromatic carbocycles. The minimum Gasteiger partial charge on any atom is -0.299 e. The van der Waals surface area contributed by atoms with Crippen molar-refractivity contribution in [2.45, 2.75) is 51.4 Å². The van der Waals surface area contributed by atoms with Crippen molar-refractivity contribution in [2.75, 3.05) is 0 Å². The number of allylic oxidation sites excluding steroid dienone is 4. The van der Waals surface area contributed by atoms with Gasteiger partial charge in [-0.1, -0.05) is 18.2 Å². The molecule has 0 aromatic rings. The molecule has 0 aliphatic heterocycles. The second kappa shape index (κ2) is 3.82. The zero-order chi connectivity index (χ0) is 12.2. The summed E-state index contributed by atoms with van der Waals surface area (Å²) in [5.74, 6) is 2.90. The predicted octanol–water partition coefficient (Wildman–Crippen LogP) is 4.05. The molecule has 0 aromatic heterocycles. The molecule has 4 aliphatic carbocycles. The highest BCUT2D eigenvalue weighted by Crippen LogP contribution is 2.57. The Morgan fingerprint density at radius 3 is 2.94 bits per heavy atom. The van der Waals surface area contributed by atoms with Gasteiger partial charge in [0.2, 0.25) is 0 Å². The van der Waals surface area contributed by atoms with Crippen molar-refractivity contribution in [1.82, 2.24) is 0 Å². The Balaban J connectivity index is 1.65. The second-order valence-corrected chi connectivity index (χ2v) is 6.87. The van der Waals surface area contributed by atoms with Crippen LogP contribution in [-0.4, -0.2) is 5.78 Å². The Morgan fingerprint density at radius 1 is 1.22 bits per heavy atom. The van der Waals surface area contributed by atoms with Gasteiger partial charge < -0.3 is 0 Å². The van der Waals surface area contributed by atoms with Crippen molar-refractivity contribution in [3.63, 3.8) is 0 Å². The van der Waals surface area contributed by atoms with Gasteiger partial charge in [-0.3, -0.25) is 4.79 Å². The highest BCUT2D eigenvalue weighted by atomic mass is 16.1. The zero-order valence-corrected chi connectivity index (χ0v) is 11.0. The number of hydrogen-bond acceptors (Lipinski definition) is 1. The zero-order valence-electron chi connectivity index (χ0n) is 11.0. The van der Waals surface area contributed by atoms with Crippen LogP contribution in [0, 0.1) is 23.2 Å². The van der Waals surface area contributed by atoms with E-state index in [9.17, 15) is 4.79 Å². The fourth-order valence-corrected chi connectivity index (χ4v) is 4.91. The van der Waals surface area contributed by atoms with Crippen molar-refractivity contribution >= 4 is 5.78 Å². The standard InChI is InChI=1S/C17H22O/c18-16-8-10-17(16)9-7-13-6-5-12-3-1-2-4-14(12)15(13)11-17/h3,5-6,13-15H,1-2,4,7-11H2. The van der Waals surface area contributed by atoms with Gasteiger partial charge in [-0.15, -0.1) is 0 Å². The van der Waals surface area contributed by atoms with Crippen LogP contribution in [-0.2, 0) is 4.79 Å². The molecule has 4 rings (SSSR count). The molecule has 2 saturated carbocycles. The Morgan fingerprint density at radius 2 is 2.17 bits per heavy atom. The molecule has 4 atom stereocenters. The molecule has 18 heavy (non-hydrogen) atoms. The Kier molecular flexibility index (Phi) is 2.34. The molecule has 1 spiro atoms. The predicted molar refractivity (Wildman–Crippen MR) is 72.1 cm³/mol. The summed E-state index contributed by atoms with van der Waals surface area (Å²) in [6, 6.07) is 0. The molecule has 0 N–H and O–H groups in total. The first-order valence-electron chi connectivity index (χ1n) is 7.70. The highest BCUT2D eigenvalue weighted by molar-refractivity contribution is 5.90. The van der Waals surface area contributed by atoms with E-state index >= 15 is 0 Å². The van der Waals surface area contributed by atoms with Crippen molar-refractivity contribution in [3.8, 4) is 0 Å². The Bertz CT molecular complexity index is 445.